The summed E-state index contributed by atoms with van der Waals surface area (Å²) in [6, 6.07) is 0. The Bertz CT molecular complexity index is 31.5. The van der Waals surface area contributed by atoms with Gasteiger partial charge in [-0.05, 0) is 0 Å². The smallest absolute Gasteiger partial charge is 0.894 e. The summed E-state index contributed by atoms with van der Waals surface area (Å²) in [6.45, 7) is 0. The standard InChI is InChI=1S/Al.Ca.Nb.O4Si/c;;;1-5(2,3)4/q+3;+2;+5;-4. The molecule has 0 aromatic rings. The van der Waals surface area contributed by atoms with Crippen LogP contribution in [-0.2, 0) is 22.4 Å². The Morgan fingerprint density at radius 3 is 0.875 bits per heavy atom. The van der Waals surface area contributed by atoms with E-state index in [2.05, 4.69) is 0 Å². The molecule has 0 aliphatic heterocycles. The van der Waals surface area contributed by atoms with Crippen LogP contribution >= 0.6 is 0 Å². The summed E-state index contributed by atoms with van der Waals surface area (Å²) in [7, 11) is -5.61. The maximum Gasteiger partial charge on any atom is 5.00 e. The van der Waals surface area contributed by atoms with E-state index in [-0.39, 0.29) is 77.5 Å². The van der Waals surface area contributed by atoms with Crippen LogP contribution in [0.1, 0.15) is 0 Å². The molecule has 0 amide bonds. The summed E-state index contributed by atoms with van der Waals surface area (Å²) in [5.74, 6) is 0. The van der Waals surface area contributed by atoms with Gasteiger partial charge < -0.3 is 28.2 Å². The van der Waals surface area contributed by atoms with Crippen molar-refractivity contribution in [2.75, 3.05) is 0 Å². The van der Waals surface area contributed by atoms with Crippen molar-refractivity contribution < 1.29 is 41.6 Å². The molecule has 0 radical (unpaired) electrons. The number of hydrogen-bond acceptors (Lipinski definition) is 4. The molecule has 32 valence electrons. The first-order valence-corrected chi connectivity index (χ1v) is 2.45. The van der Waals surface area contributed by atoms with Crippen LogP contribution in [0, 0.1) is 0 Å². The molecule has 8 heteroatoms. The van der Waals surface area contributed by atoms with Crippen LogP contribution in [0.4, 0.5) is 0 Å². The summed E-state index contributed by atoms with van der Waals surface area (Å²) in [4.78, 5) is 34.3. The molecule has 0 bridgehead atoms. The van der Waals surface area contributed by atoms with Crippen molar-refractivity contribution in [1.29, 1.82) is 0 Å². The van der Waals surface area contributed by atoms with Crippen molar-refractivity contribution in [2.24, 2.45) is 0 Å². The van der Waals surface area contributed by atoms with Gasteiger partial charge in [0.2, 0.25) is 0 Å². The zero-order valence-corrected chi connectivity index (χ0v) is 10.4. The molecule has 0 aromatic heterocycles. The Morgan fingerprint density at radius 1 is 0.875 bits per heavy atom. The molecule has 0 atom stereocenters. The Labute approximate surface area is 104 Å². The molecule has 0 rings (SSSR count). The van der Waals surface area contributed by atoms with E-state index in [1.165, 1.54) is 0 Å². The zero-order valence-electron chi connectivity index (χ0n) is 3.86. The quantitative estimate of drug-likeness (QED) is 0.401. The molecule has 0 fully saturated rings. The van der Waals surface area contributed by atoms with E-state index in [0.717, 1.165) is 0 Å². The van der Waals surface area contributed by atoms with E-state index in [9.17, 15) is 0 Å². The van der Waals surface area contributed by atoms with Crippen LogP contribution in [-0.4, -0.2) is 64.1 Å². The molecule has 0 N–H and O–H groups in total. The Kier molecular flexibility index (Phi) is 26.9. The molecule has 0 saturated heterocycles. The monoisotopic (exact) mass is 252 g/mol. The fourth-order valence-corrected chi connectivity index (χ4v) is 0. The summed E-state index contributed by atoms with van der Waals surface area (Å²) in [5.41, 5.74) is 0. The van der Waals surface area contributed by atoms with Gasteiger partial charge in [0, 0.05) is 0 Å². The van der Waals surface area contributed by atoms with Crippen molar-refractivity contribution in [3.05, 3.63) is 0 Å². The van der Waals surface area contributed by atoms with E-state index in [1.807, 2.05) is 0 Å². The molecule has 0 saturated carbocycles. The Morgan fingerprint density at radius 2 is 0.875 bits per heavy atom. The maximum atomic E-state index is 8.58. The largest absolute Gasteiger partial charge is 5.00 e. The predicted molar refractivity (Wildman–Crippen MR) is 17.3 cm³/mol. The summed E-state index contributed by atoms with van der Waals surface area (Å²) in [5, 5.41) is 0. The van der Waals surface area contributed by atoms with Crippen LogP contribution in [0.15, 0.2) is 0 Å². The topological polar surface area (TPSA) is 92.2 Å². The maximum absolute atomic E-state index is 8.58. The Balaban J connectivity index is -0.0000000267. The SMILES string of the molecule is [Al+3].[Ca+2].[Nb+5].[O-][Si]([O-])([O-])[O-]. The average Bonchev–Trinajstić information content (AvgIpc) is 0.722. The van der Waals surface area contributed by atoms with Crippen LogP contribution in [0.5, 0.6) is 0 Å². The molecule has 4 nitrogen and oxygen atoms in total. The van der Waals surface area contributed by atoms with Crippen LogP contribution in [0.2, 0.25) is 0 Å². The van der Waals surface area contributed by atoms with E-state index in [4.69, 9.17) is 19.2 Å². The zero-order chi connectivity index (χ0) is 4.50. The summed E-state index contributed by atoms with van der Waals surface area (Å²) < 4.78 is 0. The van der Waals surface area contributed by atoms with Crippen molar-refractivity contribution >= 4 is 64.1 Å². The van der Waals surface area contributed by atoms with E-state index in [1.54, 1.807) is 0 Å². The van der Waals surface area contributed by atoms with Crippen LogP contribution < -0.4 is 19.2 Å². The third-order valence-corrected chi connectivity index (χ3v) is 0. The van der Waals surface area contributed by atoms with Gasteiger partial charge in [-0.3, -0.25) is 0 Å². The second-order valence-corrected chi connectivity index (χ2v) is 1.50. The molecule has 0 spiro atoms. The predicted octanol–water partition coefficient (Wildman–Crippen LogP) is -5.90. The molecule has 0 aliphatic carbocycles. The molecule has 8 heavy (non-hydrogen) atoms. The minimum Gasteiger partial charge on any atom is -0.894 e. The van der Waals surface area contributed by atoms with E-state index >= 15 is 0 Å². The minimum absolute atomic E-state index is 0. The van der Waals surface area contributed by atoms with E-state index in [0.29, 0.717) is 0 Å². The van der Waals surface area contributed by atoms with Crippen molar-refractivity contribution in [1.82, 2.24) is 0 Å². The van der Waals surface area contributed by atoms with Gasteiger partial charge in [-0.15, -0.1) is 0 Å². The summed E-state index contributed by atoms with van der Waals surface area (Å²) in [6.07, 6.45) is 0. The molecule has 0 aliphatic rings. The van der Waals surface area contributed by atoms with Gasteiger partial charge in [-0.25, -0.2) is 0 Å². The second-order valence-electron chi connectivity index (χ2n) is 0.500. The van der Waals surface area contributed by atoms with Crippen molar-refractivity contribution in [3.63, 3.8) is 0 Å². The average molecular weight is 252 g/mol. The fourth-order valence-electron chi connectivity index (χ4n) is 0. The first-order chi connectivity index (χ1) is 2.00. The third-order valence-electron chi connectivity index (χ3n) is 0. The first kappa shape index (κ1) is 22.4. The van der Waals surface area contributed by atoms with Gasteiger partial charge >= 0.3 is 77.5 Å². The van der Waals surface area contributed by atoms with Crippen LogP contribution in [0.3, 0.4) is 0 Å². The summed E-state index contributed by atoms with van der Waals surface area (Å²) >= 11 is 0. The van der Waals surface area contributed by atoms with Gasteiger partial charge in [0.15, 0.2) is 0 Å². The van der Waals surface area contributed by atoms with Crippen molar-refractivity contribution in [3.8, 4) is 0 Å². The molecular formula is AlCaNbO4Si+6. The van der Waals surface area contributed by atoms with Gasteiger partial charge in [0.05, 0.1) is 0 Å². The van der Waals surface area contributed by atoms with Crippen LogP contribution in [0.25, 0.3) is 0 Å². The second kappa shape index (κ2) is 9.59. The third kappa shape index (κ3) is 73.8. The first-order valence-electron chi connectivity index (χ1n) is 0.816. The number of hydrogen-bond donors (Lipinski definition) is 0. The van der Waals surface area contributed by atoms with Crippen molar-refractivity contribution in [2.45, 2.75) is 0 Å². The molecule has 0 heterocycles. The molecule has 0 unspecified atom stereocenters. The minimum atomic E-state index is -5.61. The van der Waals surface area contributed by atoms with Gasteiger partial charge in [0.25, 0.3) is 0 Å². The number of rotatable bonds is 0. The molecule has 0 aromatic carbocycles. The van der Waals surface area contributed by atoms with Gasteiger partial charge in [-0.2, -0.15) is 0 Å². The normalized spacial score (nSPS) is 7.50. The molecular weight excluding hydrogens is 252 g/mol. The van der Waals surface area contributed by atoms with Gasteiger partial charge in [-0.1, -0.05) is 0 Å². The fraction of sp³-hybridized carbons (Fsp3) is 0. The Hall–Kier alpha value is 2.59. The van der Waals surface area contributed by atoms with Gasteiger partial charge in [0.1, 0.15) is 0 Å². The van der Waals surface area contributed by atoms with E-state index < -0.39 is 9.05 Å².